The number of ketones is 2. The van der Waals surface area contributed by atoms with Gasteiger partial charge in [-0.1, -0.05) is 34.8 Å². The monoisotopic (exact) mass is 1830 g/mol. The molecule has 5 aliphatic heterocycles. The fourth-order valence-electron chi connectivity index (χ4n) is 10.9. The van der Waals surface area contributed by atoms with Crippen molar-refractivity contribution < 1.29 is 60.7 Å². The fourth-order valence-corrected chi connectivity index (χ4v) is 12.2. The zero-order valence-corrected chi connectivity index (χ0v) is 71.5. The van der Waals surface area contributed by atoms with E-state index in [0.717, 1.165) is 101 Å². The summed E-state index contributed by atoms with van der Waals surface area (Å²) in [6.45, 7) is 19.6. The van der Waals surface area contributed by atoms with Gasteiger partial charge in [0.15, 0.2) is 11.6 Å². The van der Waals surface area contributed by atoms with E-state index < -0.39 is 6.10 Å². The molecule has 34 nitrogen and oxygen atoms in total. The van der Waals surface area contributed by atoms with Crippen molar-refractivity contribution in [2.24, 2.45) is 5.73 Å². The first kappa shape index (κ1) is 96.3. The first-order valence-corrected chi connectivity index (χ1v) is 40.4. The van der Waals surface area contributed by atoms with E-state index in [1.165, 1.54) is 96.0 Å². The van der Waals surface area contributed by atoms with Crippen LogP contribution in [0, 0.1) is 28.7 Å². The molecule has 124 heavy (non-hydrogen) atoms. The number of benzene rings is 4. The van der Waals surface area contributed by atoms with Crippen molar-refractivity contribution >= 4 is 157 Å². The quantitative estimate of drug-likeness (QED) is 0.00752. The number of rotatable bonds is 18. The summed E-state index contributed by atoms with van der Waals surface area (Å²) >= 11 is 33.7. The molecule has 12 heterocycles. The third-order valence-corrected chi connectivity index (χ3v) is 18.1. The van der Waals surface area contributed by atoms with Gasteiger partial charge in [-0.2, -0.15) is 30.1 Å². The molecule has 5 aliphatic rings. The summed E-state index contributed by atoms with van der Waals surface area (Å²) in [5.41, 5.74) is 8.83. The number of halogens is 10. The van der Waals surface area contributed by atoms with E-state index in [4.69, 9.17) is 104 Å². The Balaban J connectivity index is 0.000000169. The Hall–Kier alpha value is -11.5. The molecule has 11 aromatic rings. The van der Waals surface area contributed by atoms with Gasteiger partial charge in [-0.3, -0.25) is 14.4 Å². The lowest BCUT2D eigenvalue weighted by atomic mass is 10.3. The van der Waals surface area contributed by atoms with Gasteiger partial charge in [0.1, 0.15) is 85.1 Å². The molecule has 7 aromatic heterocycles. The molecular weight excluding hydrogens is 1740 g/mol. The van der Waals surface area contributed by atoms with E-state index >= 15 is 0 Å². The van der Waals surface area contributed by atoms with Gasteiger partial charge in [0.05, 0.1) is 83.6 Å². The Bertz CT molecular complexity index is 5130. The number of ether oxygens (including phenoxy) is 5. The molecule has 5 fully saturated rings. The lowest BCUT2D eigenvalue weighted by molar-refractivity contribution is -0.113. The molecule has 0 saturated carbocycles. The topological polar surface area (TPSA) is 405 Å². The van der Waals surface area contributed by atoms with Crippen molar-refractivity contribution in [1.29, 1.82) is 5.41 Å². The van der Waals surface area contributed by atoms with Crippen molar-refractivity contribution in [1.82, 2.24) is 74.7 Å². The minimum atomic E-state index is -0.680. The molecule has 5 saturated heterocycles. The van der Waals surface area contributed by atoms with Gasteiger partial charge in [0.2, 0.25) is 22.3 Å². The highest BCUT2D eigenvalue weighted by molar-refractivity contribution is 6.35. The summed E-state index contributed by atoms with van der Waals surface area (Å²) < 4.78 is 80.9. The van der Waals surface area contributed by atoms with Crippen LogP contribution in [-0.4, -0.2) is 230 Å². The number of aliphatic hydroxyl groups is 1. The number of aliphatic hydroxyl groups excluding tert-OH is 1. The number of nitrogens with two attached hydrogens (primary N) is 1. The van der Waals surface area contributed by atoms with Crippen LogP contribution in [0.3, 0.4) is 0 Å². The maximum Gasteiger partial charge on any atom is 0.254 e. The number of anilines is 11. The first-order chi connectivity index (χ1) is 59.8. The molecule has 0 bridgehead atoms. The van der Waals surface area contributed by atoms with Crippen LogP contribution in [0.4, 0.5) is 81.0 Å². The Kier molecular flexibility index (Phi) is 39.6. The summed E-state index contributed by atoms with van der Waals surface area (Å²) in [6, 6.07) is 35.6. The number of carbonyl (C=O) groups excluding carboxylic acids is 3. The van der Waals surface area contributed by atoms with Crippen LogP contribution >= 0.6 is 69.6 Å². The second-order valence-corrected chi connectivity index (χ2v) is 28.3. The van der Waals surface area contributed by atoms with E-state index in [9.17, 15) is 37.1 Å². The van der Waals surface area contributed by atoms with Gasteiger partial charge in [-0.05, 0) is 157 Å². The lowest BCUT2D eigenvalue weighted by Crippen LogP contribution is -2.37. The summed E-state index contributed by atoms with van der Waals surface area (Å²) in [7, 11) is 0. The smallest absolute Gasteiger partial charge is 0.254 e. The van der Waals surface area contributed by atoms with Gasteiger partial charge in [0, 0.05) is 151 Å². The van der Waals surface area contributed by atoms with Crippen LogP contribution < -0.4 is 51.9 Å². The summed E-state index contributed by atoms with van der Waals surface area (Å²) in [5.74, 6) is 3.83. The average Bonchev–Trinajstić information content (AvgIpc) is 1.55. The number of hydrogen-bond donors (Lipinski definition) is 8. The molecule has 0 radical (unpaired) electrons. The largest absolute Gasteiger partial charge is 0.396 e. The number of allylic oxidation sites excluding steroid dienone is 2. The van der Waals surface area contributed by atoms with Gasteiger partial charge in [0.25, 0.3) is 11.9 Å². The van der Waals surface area contributed by atoms with Crippen molar-refractivity contribution in [2.75, 3.05) is 172 Å². The van der Waals surface area contributed by atoms with Crippen molar-refractivity contribution in [2.45, 2.75) is 26.9 Å². The van der Waals surface area contributed by atoms with Crippen LogP contribution in [-0.2, 0) is 33.3 Å². The van der Waals surface area contributed by atoms with E-state index in [0.29, 0.717) is 135 Å². The lowest BCUT2D eigenvalue weighted by Gasteiger charge is -2.28. The molecule has 9 N–H and O–H groups in total. The molecule has 1 atom stereocenters. The highest BCUT2D eigenvalue weighted by Gasteiger charge is 2.22. The maximum absolute atomic E-state index is 13.2. The van der Waals surface area contributed by atoms with Gasteiger partial charge in [-0.25, -0.2) is 56.8 Å². The van der Waals surface area contributed by atoms with Gasteiger partial charge in [-0.15, -0.1) is 0 Å². The number of hydrogen-bond acceptors (Lipinski definition) is 31. The van der Waals surface area contributed by atoms with Crippen LogP contribution in [0.5, 0.6) is 0 Å². The van der Waals surface area contributed by atoms with E-state index in [-0.39, 0.29) is 66.7 Å². The minimum Gasteiger partial charge on any atom is -0.396 e. The maximum atomic E-state index is 13.2. The molecule has 44 heteroatoms. The Morgan fingerprint density at radius 3 is 1.11 bits per heavy atom. The summed E-state index contributed by atoms with van der Waals surface area (Å²) in [4.78, 5) is 81.7. The van der Waals surface area contributed by atoms with Crippen LogP contribution in [0.25, 0.3) is 11.9 Å². The predicted molar refractivity (Wildman–Crippen MR) is 468 cm³/mol. The second kappa shape index (κ2) is 50.9. The number of nitrogens with zero attached hydrogens (tertiary/aromatic N) is 18. The van der Waals surface area contributed by atoms with Crippen LogP contribution in [0.1, 0.15) is 43.1 Å². The molecule has 0 spiro atoms. The number of carbonyl (C=O) groups is 3. The molecule has 1 unspecified atom stereocenters. The van der Waals surface area contributed by atoms with Crippen molar-refractivity contribution in [3.05, 3.63) is 230 Å². The zero-order chi connectivity index (χ0) is 88.7. The Morgan fingerprint density at radius 1 is 0.460 bits per heavy atom. The van der Waals surface area contributed by atoms with Crippen LogP contribution in [0.2, 0.25) is 31.3 Å². The van der Waals surface area contributed by atoms with E-state index in [2.05, 4.69) is 106 Å². The Morgan fingerprint density at radius 2 is 0.798 bits per heavy atom. The van der Waals surface area contributed by atoms with Crippen molar-refractivity contribution in [3.63, 3.8) is 0 Å². The first-order valence-electron chi connectivity index (χ1n) is 38.1. The number of amides is 1. The Labute approximate surface area is 740 Å². The number of morpholine rings is 5. The minimum absolute atomic E-state index is 0.0625. The normalized spacial score (nSPS) is 14.5. The number of nitrogens with one attached hydrogen (secondary N) is 6. The third-order valence-electron chi connectivity index (χ3n) is 17.1. The average molecular weight is 1830 g/mol. The van der Waals surface area contributed by atoms with Gasteiger partial charge < -0.3 is 86.1 Å². The number of aromatic nitrogens is 14. The van der Waals surface area contributed by atoms with Gasteiger partial charge >= 0.3 is 0 Å². The molecule has 16 rings (SSSR count). The molecule has 4 aromatic carbocycles. The third kappa shape index (κ3) is 33.6. The SMILES string of the molecule is C1COCCN1.CC(=O)C(N)=CC=N.CC(=O)c1ccn(-c2nc(Nc3ccc(F)cc3)cc(N3CCOCC3)n2)n1.CC(O)c1ccn(-c2nc(Nc3ccc(F)cc3)cc(N3CCOCC3)n2)n1.Clc1cc(Cl)nc(Cl)n1.Clc1cc(N2CCOCC2)nc(Cl)n1.Fc1ccc(Nc2cc(N3CCOCC3)nc(Cl)n2)cc1.O=CNc1ccc(F)cc1. The summed E-state index contributed by atoms with van der Waals surface area (Å²) in [5, 5.41) is 41.1. The standard InChI is InChI=1S/C19H21FN6O2.C19H19FN6O2.C14H14ClFN4O.C8H9Cl2N3O.C7H6FNO.C5H8N2O.C4HCl3N2.C4H9NO/c2*1-13(27)16-6-7-26(24-16)19-22-17(21-15-4-2-14(20)3-5-15)12-18(23-19)25-8-10-28-11-9-25;15-14-18-12(17-11-3-1-10(16)2-4-11)9-13(19-14)20-5-7-21-8-6-20;9-6-5-7(12-8(10)11-6)13-1-3-14-4-2-13;8-6-1-3-7(4-2-6)9-5-10;1-4(8)5(7)2-3-6;5-2-1-3(6)9-4(7)8-2;1-3-6-4-2-5-1/h2-7,12-13,27H,8-11H2,1H3,(H,21,22,23);2-7,12H,8-11H2,1H3,(H,21,22,23);1-4,9H,5-8H2,(H,17,18,19);5H,1-4H2;1-5H,(H,9,10);2-3,6H,7H2,1H3;1H;5H,1-4H2. The summed E-state index contributed by atoms with van der Waals surface area (Å²) in [6.07, 6.45) is 5.46. The van der Waals surface area contributed by atoms with Crippen molar-refractivity contribution in [3.8, 4) is 11.9 Å². The van der Waals surface area contributed by atoms with Crippen LogP contribution in [0.15, 0.2) is 164 Å². The zero-order valence-electron chi connectivity index (χ0n) is 67.0. The van der Waals surface area contributed by atoms with E-state index in [1.807, 2.05) is 18.2 Å². The molecule has 0 aliphatic carbocycles. The molecule has 656 valence electrons. The molecule has 1 amide bonds. The predicted octanol–water partition coefficient (Wildman–Crippen LogP) is 13.0. The fraction of sp³-hybridized carbons (Fsp3) is 0.300. The van der Waals surface area contributed by atoms with E-state index in [1.54, 1.807) is 73.9 Å². The highest BCUT2D eigenvalue weighted by atomic mass is 35.5. The second-order valence-electron chi connectivity index (χ2n) is 26.1. The number of Topliss-reactive ketones (excluding diaryl/α,β-unsaturated/α-hetero) is 2. The molecular formula is C80H87Cl6F4N25O9. The highest BCUT2D eigenvalue weighted by Crippen LogP contribution is 2.28.